The summed E-state index contributed by atoms with van der Waals surface area (Å²) in [7, 11) is 0. The van der Waals surface area contributed by atoms with Crippen molar-refractivity contribution in [2.75, 3.05) is 6.54 Å². The number of nitrogens with zero attached hydrogens (tertiary/aromatic N) is 1. The van der Waals surface area contributed by atoms with Crippen LogP contribution in [-0.4, -0.2) is 52.5 Å². The fraction of sp³-hybridized carbons (Fsp3) is 0.600. The molecule has 0 radical (unpaired) electrons. The molecular weight excluding hydrogens is 348 g/mol. The minimum absolute atomic E-state index is 0.176. The summed E-state index contributed by atoms with van der Waals surface area (Å²) in [5.41, 5.74) is 0.284. The topological polar surface area (TPSA) is 88.1 Å². The highest BCUT2D eigenvalue weighted by atomic mass is 16.6. The number of ether oxygens (including phenoxy) is 2. The van der Waals surface area contributed by atoms with Gasteiger partial charge in [0.2, 0.25) is 0 Å². The third kappa shape index (κ3) is 7.09. The molecule has 7 heteroatoms. The Morgan fingerprint density at radius 3 is 2.52 bits per heavy atom. The first-order chi connectivity index (χ1) is 12.6. The number of benzene rings is 1. The molecule has 1 aromatic carbocycles. The van der Waals surface area contributed by atoms with Gasteiger partial charge in [-0.3, -0.25) is 0 Å². The number of carbonyl (C=O) groups is 2. The molecule has 3 atom stereocenters. The molecule has 7 nitrogen and oxygen atoms in total. The normalized spacial score (nSPS) is 23.3. The summed E-state index contributed by atoms with van der Waals surface area (Å²) in [6.07, 6.45) is -0.867. The van der Waals surface area contributed by atoms with Crippen molar-refractivity contribution in [3.8, 4) is 0 Å². The van der Waals surface area contributed by atoms with Crippen molar-refractivity contribution in [2.45, 2.75) is 70.9 Å². The van der Waals surface area contributed by atoms with E-state index in [9.17, 15) is 14.7 Å². The lowest BCUT2D eigenvalue weighted by molar-refractivity contribution is 0.0469. The molecular formula is C20H30N2O5. The second kappa shape index (κ2) is 9.08. The van der Waals surface area contributed by atoms with Crippen LogP contribution in [0.3, 0.4) is 0 Å². The van der Waals surface area contributed by atoms with Crippen LogP contribution in [0.5, 0.6) is 0 Å². The molecule has 1 fully saturated rings. The molecule has 1 saturated heterocycles. The van der Waals surface area contributed by atoms with E-state index in [1.807, 2.05) is 37.3 Å². The van der Waals surface area contributed by atoms with Crippen LogP contribution in [0.25, 0.3) is 0 Å². The number of carbonyl (C=O) groups excluding carboxylic acids is 2. The number of hydrogen-bond donors (Lipinski definition) is 2. The van der Waals surface area contributed by atoms with Crippen LogP contribution < -0.4 is 5.32 Å². The molecule has 0 aliphatic carbocycles. The van der Waals surface area contributed by atoms with Crippen molar-refractivity contribution >= 4 is 12.2 Å². The predicted octanol–water partition coefficient (Wildman–Crippen LogP) is 3.06. The molecule has 2 N–H and O–H groups in total. The van der Waals surface area contributed by atoms with E-state index in [1.165, 1.54) is 0 Å². The lowest BCUT2D eigenvalue weighted by atomic mass is 10.1. The number of amides is 2. The molecule has 1 unspecified atom stereocenters. The standard InChI is InChI=1S/C20H30N2O5/c1-14-10-17(23)11-16(21-18(24)27-20(2,3)4)12-22(14)19(25)26-13-15-8-6-5-7-9-15/h5-9,14,16-17,23H,10-13H2,1-4H3,(H,21,24)/t14-,16-,17?/m0/s1. The molecule has 27 heavy (non-hydrogen) atoms. The van der Waals surface area contributed by atoms with E-state index in [1.54, 1.807) is 25.7 Å². The van der Waals surface area contributed by atoms with E-state index < -0.39 is 29.9 Å². The summed E-state index contributed by atoms with van der Waals surface area (Å²) >= 11 is 0. The summed E-state index contributed by atoms with van der Waals surface area (Å²) in [5, 5.41) is 13.0. The van der Waals surface area contributed by atoms with Crippen molar-refractivity contribution in [3.63, 3.8) is 0 Å². The fourth-order valence-electron chi connectivity index (χ4n) is 3.07. The van der Waals surface area contributed by atoms with Gasteiger partial charge in [-0.15, -0.1) is 0 Å². The zero-order chi connectivity index (χ0) is 20.0. The first-order valence-electron chi connectivity index (χ1n) is 9.29. The third-order valence-corrected chi connectivity index (χ3v) is 4.28. The maximum absolute atomic E-state index is 12.6. The van der Waals surface area contributed by atoms with Gasteiger partial charge in [0.15, 0.2) is 0 Å². The fourth-order valence-corrected chi connectivity index (χ4v) is 3.07. The van der Waals surface area contributed by atoms with Gasteiger partial charge in [-0.25, -0.2) is 9.59 Å². The van der Waals surface area contributed by atoms with Gasteiger partial charge in [-0.05, 0) is 46.1 Å². The second-order valence-corrected chi connectivity index (χ2v) is 8.01. The van der Waals surface area contributed by atoms with Gasteiger partial charge in [0.1, 0.15) is 12.2 Å². The first-order valence-corrected chi connectivity index (χ1v) is 9.29. The average molecular weight is 378 g/mol. The summed E-state index contributed by atoms with van der Waals surface area (Å²) in [5.74, 6) is 0. The van der Waals surface area contributed by atoms with Crippen LogP contribution >= 0.6 is 0 Å². The Hall–Kier alpha value is -2.28. The smallest absolute Gasteiger partial charge is 0.410 e. The van der Waals surface area contributed by atoms with Gasteiger partial charge in [0, 0.05) is 12.6 Å². The minimum Gasteiger partial charge on any atom is -0.445 e. The number of aliphatic hydroxyl groups excluding tert-OH is 1. The lowest BCUT2D eigenvalue weighted by Crippen LogP contribution is -2.48. The molecule has 1 aliphatic heterocycles. The maximum Gasteiger partial charge on any atom is 0.410 e. The van der Waals surface area contributed by atoms with Crippen molar-refractivity contribution in [1.82, 2.24) is 10.2 Å². The number of rotatable bonds is 3. The largest absolute Gasteiger partial charge is 0.445 e. The predicted molar refractivity (Wildman–Crippen MR) is 101 cm³/mol. The molecule has 0 bridgehead atoms. The molecule has 1 aliphatic rings. The average Bonchev–Trinajstić information content (AvgIpc) is 2.69. The Kier molecular flexibility index (Phi) is 7.07. The third-order valence-electron chi connectivity index (χ3n) is 4.28. The highest BCUT2D eigenvalue weighted by molar-refractivity contribution is 5.70. The van der Waals surface area contributed by atoms with Gasteiger partial charge in [-0.2, -0.15) is 0 Å². The number of nitrogens with one attached hydrogen (secondary N) is 1. The molecule has 0 saturated carbocycles. The minimum atomic E-state index is -0.619. The SMILES string of the molecule is C[C@H]1CC(O)C[C@H](NC(=O)OC(C)(C)C)CN1C(=O)OCc1ccccc1. The Bertz CT molecular complexity index is 629. The van der Waals surface area contributed by atoms with Crippen LogP contribution in [0, 0.1) is 0 Å². The van der Waals surface area contributed by atoms with Gasteiger partial charge in [-0.1, -0.05) is 30.3 Å². The van der Waals surface area contributed by atoms with E-state index in [2.05, 4.69) is 5.32 Å². The zero-order valence-corrected chi connectivity index (χ0v) is 16.5. The van der Waals surface area contributed by atoms with Crippen molar-refractivity contribution < 1.29 is 24.2 Å². The summed E-state index contributed by atoms with van der Waals surface area (Å²) in [4.78, 5) is 26.2. The van der Waals surface area contributed by atoms with E-state index in [0.717, 1.165) is 5.56 Å². The molecule has 0 aromatic heterocycles. The number of likely N-dealkylation sites (tertiary alicyclic amines) is 1. The van der Waals surface area contributed by atoms with Crippen molar-refractivity contribution in [3.05, 3.63) is 35.9 Å². The van der Waals surface area contributed by atoms with Crippen molar-refractivity contribution in [2.24, 2.45) is 0 Å². The molecule has 1 aromatic rings. The maximum atomic E-state index is 12.6. The monoisotopic (exact) mass is 378 g/mol. The van der Waals surface area contributed by atoms with Gasteiger partial charge >= 0.3 is 12.2 Å². The Labute approximate surface area is 160 Å². The quantitative estimate of drug-likeness (QED) is 0.844. The van der Waals surface area contributed by atoms with E-state index >= 15 is 0 Å². The molecule has 1 heterocycles. The molecule has 2 rings (SSSR count). The van der Waals surface area contributed by atoms with Gasteiger partial charge in [0.05, 0.1) is 12.1 Å². The van der Waals surface area contributed by atoms with E-state index in [0.29, 0.717) is 12.8 Å². The van der Waals surface area contributed by atoms with Gasteiger partial charge < -0.3 is 24.8 Å². The van der Waals surface area contributed by atoms with Crippen LogP contribution in [0.1, 0.15) is 46.1 Å². The van der Waals surface area contributed by atoms with Crippen LogP contribution in [0.4, 0.5) is 9.59 Å². The molecule has 2 amide bonds. The van der Waals surface area contributed by atoms with Crippen molar-refractivity contribution in [1.29, 1.82) is 0 Å². The summed E-state index contributed by atoms with van der Waals surface area (Å²) in [6.45, 7) is 7.64. The van der Waals surface area contributed by atoms with E-state index in [4.69, 9.17) is 9.47 Å². The number of aliphatic hydroxyl groups is 1. The Morgan fingerprint density at radius 2 is 1.89 bits per heavy atom. The summed E-state index contributed by atoms with van der Waals surface area (Å²) < 4.78 is 10.7. The molecule has 0 spiro atoms. The first kappa shape index (κ1) is 21.0. The second-order valence-electron chi connectivity index (χ2n) is 8.01. The highest BCUT2D eigenvalue weighted by Crippen LogP contribution is 2.19. The lowest BCUT2D eigenvalue weighted by Gasteiger charge is -2.29. The van der Waals surface area contributed by atoms with Gasteiger partial charge in [0.25, 0.3) is 0 Å². The zero-order valence-electron chi connectivity index (χ0n) is 16.5. The highest BCUT2D eigenvalue weighted by Gasteiger charge is 2.33. The Balaban J connectivity index is 1.98. The number of alkyl carbamates (subject to hydrolysis) is 1. The molecule has 150 valence electrons. The van der Waals surface area contributed by atoms with Crippen LogP contribution in [-0.2, 0) is 16.1 Å². The van der Waals surface area contributed by atoms with Crippen LogP contribution in [0.15, 0.2) is 30.3 Å². The number of hydrogen-bond acceptors (Lipinski definition) is 5. The van der Waals surface area contributed by atoms with Crippen LogP contribution in [0.2, 0.25) is 0 Å². The summed E-state index contributed by atoms with van der Waals surface area (Å²) in [6, 6.07) is 8.82. The Morgan fingerprint density at radius 1 is 1.22 bits per heavy atom. The van der Waals surface area contributed by atoms with E-state index in [-0.39, 0.29) is 19.2 Å².